The summed E-state index contributed by atoms with van der Waals surface area (Å²) in [6.45, 7) is 6.89. The predicted octanol–water partition coefficient (Wildman–Crippen LogP) is 2.82. The molecule has 1 aliphatic heterocycles. The van der Waals surface area contributed by atoms with Crippen molar-refractivity contribution in [3.8, 4) is 0 Å². The van der Waals surface area contributed by atoms with Crippen LogP contribution in [0.2, 0.25) is 0 Å². The summed E-state index contributed by atoms with van der Waals surface area (Å²) in [6.07, 6.45) is 8.37. The van der Waals surface area contributed by atoms with Crippen LogP contribution in [0.25, 0.3) is 0 Å². The van der Waals surface area contributed by atoms with Gasteiger partial charge in [0.1, 0.15) is 12.1 Å². The maximum absolute atomic E-state index is 13.0. The topological polar surface area (TPSA) is 78.5 Å². The SMILES string of the molecule is CC1CC(C)(C)CC2(C1)NC(=O)N(CC(=O)NCC1CCCCC1)C2=O. The van der Waals surface area contributed by atoms with Gasteiger partial charge in [0.05, 0.1) is 0 Å². The van der Waals surface area contributed by atoms with Crippen molar-refractivity contribution < 1.29 is 14.4 Å². The molecule has 1 spiro atoms. The van der Waals surface area contributed by atoms with Crippen molar-refractivity contribution in [2.75, 3.05) is 13.1 Å². The van der Waals surface area contributed by atoms with Crippen LogP contribution >= 0.6 is 0 Å². The van der Waals surface area contributed by atoms with Crippen LogP contribution in [0.5, 0.6) is 0 Å². The Hall–Kier alpha value is -1.59. The molecule has 0 bridgehead atoms. The van der Waals surface area contributed by atoms with Crippen molar-refractivity contribution in [1.82, 2.24) is 15.5 Å². The number of urea groups is 1. The number of imide groups is 1. The molecule has 4 amide bonds. The van der Waals surface area contributed by atoms with E-state index in [4.69, 9.17) is 0 Å². The summed E-state index contributed by atoms with van der Waals surface area (Å²) >= 11 is 0. The Labute approximate surface area is 156 Å². The molecule has 0 aromatic rings. The van der Waals surface area contributed by atoms with Gasteiger partial charge in [0.15, 0.2) is 0 Å². The average molecular weight is 364 g/mol. The summed E-state index contributed by atoms with van der Waals surface area (Å²) in [4.78, 5) is 38.9. The molecule has 2 unspecified atom stereocenters. The molecule has 0 radical (unpaired) electrons. The lowest BCUT2D eigenvalue weighted by atomic mass is 9.64. The van der Waals surface area contributed by atoms with Gasteiger partial charge < -0.3 is 10.6 Å². The number of nitrogens with zero attached hydrogens (tertiary/aromatic N) is 1. The third-order valence-corrected chi connectivity index (χ3v) is 6.24. The average Bonchev–Trinajstić information content (AvgIpc) is 2.75. The summed E-state index contributed by atoms with van der Waals surface area (Å²) in [6, 6.07) is -0.423. The lowest BCUT2D eigenvalue weighted by molar-refractivity contribution is -0.137. The van der Waals surface area contributed by atoms with Crippen molar-refractivity contribution in [3.63, 3.8) is 0 Å². The van der Waals surface area contributed by atoms with Gasteiger partial charge in [-0.2, -0.15) is 0 Å². The van der Waals surface area contributed by atoms with E-state index in [-0.39, 0.29) is 23.8 Å². The van der Waals surface area contributed by atoms with E-state index in [2.05, 4.69) is 31.4 Å². The van der Waals surface area contributed by atoms with Crippen molar-refractivity contribution in [2.24, 2.45) is 17.3 Å². The predicted molar refractivity (Wildman–Crippen MR) is 99.4 cm³/mol. The zero-order valence-corrected chi connectivity index (χ0v) is 16.4. The summed E-state index contributed by atoms with van der Waals surface area (Å²) in [5, 5.41) is 5.85. The Balaban J connectivity index is 1.59. The highest BCUT2D eigenvalue weighted by Crippen LogP contribution is 2.46. The van der Waals surface area contributed by atoms with Crippen LogP contribution in [-0.2, 0) is 9.59 Å². The van der Waals surface area contributed by atoms with Crippen LogP contribution in [0.1, 0.15) is 72.1 Å². The maximum Gasteiger partial charge on any atom is 0.325 e. The zero-order valence-electron chi connectivity index (χ0n) is 16.4. The summed E-state index contributed by atoms with van der Waals surface area (Å²) in [7, 11) is 0. The van der Waals surface area contributed by atoms with E-state index in [1.165, 1.54) is 19.3 Å². The maximum atomic E-state index is 13.0. The van der Waals surface area contributed by atoms with Gasteiger partial charge in [0.2, 0.25) is 5.91 Å². The molecular formula is C20H33N3O3. The van der Waals surface area contributed by atoms with E-state index < -0.39 is 11.6 Å². The molecule has 6 heteroatoms. The van der Waals surface area contributed by atoms with Gasteiger partial charge in [-0.3, -0.25) is 14.5 Å². The fraction of sp³-hybridized carbons (Fsp3) is 0.850. The molecule has 146 valence electrons. The van der Waals surface area contributed by atoms with Crippen molar-refractivity contribution in [2.45, 2.75) is 77.7 Å². The van der Waals surface area contributed by atoms with Gasteiger partial charge >= 0.3 is 6.03 Å². The molecule has 2 saturated carbocycles. The Bertz CT molecular complexity index is 583. The minimum absolute atomic E-state index is 0.000141. The van der Waals surface area contributed by atoms with Crippen molar-refractivity contribution >= 4 is 17.8 Å². The van der Waals surface area contributed by atoms with Crippen LogP contribution in [0.15, 0.2) is 0 Å². The van der Waals surface area contributed by atoms with Crippen LogP contribution < -0.4 is 10.6 Å². The Morgan fingerprint density at radius 3 is 2.54 bits per heavy atom. The number of carbonyl (C=O) groups excluding carboxylic acids is 3. The van der Waals surface area contributed by atoms with E-state index in [1.54, 1.807) is 0 Å². The molecule has 2 atom stereocenters. The van der Waals surface area contributed by atoms with Crippen molar-refractivity contribution in [3.05, 3.63) is 0 Å². The molecule has 3 rings (SSSR count). The van der Waals surface area contributed by atoms with Gasteiger partial charge in [-0.1, -0.05) is 40.0 Å². The van der Waals surface area contributed by atoms with Gasteiger partial charge in [-0.05, 0) is 49.4 Å². The van der Waals surface area contributed by atoms with Gasteiger partial charge in [0.25, 0.3) is 5.91 Å². The molecule has 26 heavy (non-hydrogen) atoms. The smallest absolute Gasteiger partial charge is 0.325 e. The fourth-order valence-corrected chi connectivity index (χ4v) is 5.50. The molecule has 2 aliphatic carbocycles. The first-order valence-electron chi connectivity index (χ1n) is 10.1. The number of hydrogen-bond donors (Lipinski definition) is 2. The zero-order chi connectivity index (χ0) is 18.9. The lowest BCUT2D eigenvalue weighted by Gasteiger charge is -2.43. The molecule has 1 heterocycles. The van der Waals surface area contributed by atoms with Crippen LogP contribution in [0, 0.1) is 17.3 Å². The van der Waals surface area contributed by atoms with E-state index >= 15 is 0 Å². The second-order valence-corrected chi connectivity index (χ2v) is 9.57. The highest BCUT2D eigenvalue weighted by molar-refractivity contribution is 6.09. The Morgan fingerprint density at radius 2 is 1.88 bits per heavy atom. The standard InChI is InChI=1S/C20H33N3O3/c1-14-9-19(2,3)13-20(10-14)17(25)23(18(26)22-20)12-16(24)21-11-15-7-5-4-6-8-15/h14-15H,4-13H2,1-3H3,(H,21,24)(H,22,26). The first-order chi connectivity index (χ1) is 12.2. The second-order valence-electron chi connectivity index (χ2n) is 9.57. The lowest BCUT2D eigenvalue weighted by Crippen LogP contribution is -2.54. The molecule has 1 saturated heterocycles. The minimum Gasteiger partial charge on any atom is -0.354 e. The number of rotatable bonds is 4. The molecule has 0 aromatic heterocycles. The number of amides is 4. The highest BCUT2D eigenvalue weighted by atomic mass is 16.2. The van der Waals surface area contributed by atoms with E-state index in [9.17, 15) is 14.4 Å². The third kappa shape index (κ3) is 4.04. The first kappa shape index (κ1) is 19.2. The van der Waals surface area contributed by atoms with Crippen molar-refractivity contribution in [1.29, 1.82) is 0 Å². The molecular weight excluding hydrogens is 330 g/mol. The molecule has 0 aromatic carbocycles. The number of nitrogens with one attached hydrogen (secondary N) is 2. The molecule has 6 nitrogen and oxygen atoms in total. The second kappa shape index (κ2) is 7.20. The summed E-state index contributed by atoms with van der Waals surface area (Å²) in [5.74, 6) is 0.430. The number of carbonyl (C=O) groups is 3. The Kier molecular flexibility index (Phi) is 5.31. The van der Waals surface area contributed by atoms with E-state index in [1.807, 2.05) is 0 Å². The molecule has 2 N–H and O–H groups in total. The summed E-state index contributed by atoms with van der Waals surface area (Å²) < 4.78 is 0. The van der Waals surface area contributed by atoms with E-state index in [0.29, 0.717) is 31.2 Å². The van der Waals surface area contributed by atoms with Gasteiger partial charge in [0, 0.05) is 6.54 Å². The minimum atomic E-state index is -0.831. The first-order valence-corrected chi connectivity index (χ1v) is 10.1. The fourth-order valence-electron chi connectivity index (χ4n) is 5.50. The quantitative estimate of drug-likeness (QED) is 0.754. The highest BCUT2D eigenvalue weighted by Gasteiger charge is 2.56. The number of hydrogen-bond acceptors (Lipinski definition) is 3. The van der Waals surface area contributed by atoms with Gasteiger partial charge in [-0.25, -0.2) is 4.79 Å². The molecule has 3 aliphatic rings. The van der Waals surface area contributed by atoms with Crippen LogP contribution in [0.4, 0.5) is 4.79 Å². The normalized spacial score (nSPS) is 32.0. The summed E-state index contributed by atoms with van der Waals surface area (Å²) in [5.41, 5.74) is -0.832. The van der Waals surface area contributed by atoms with Crippen LogP contribution in [-0.4, -0.2) is 41.4 Å². The van der Waals surface area contributed by atoms with Gasteiger partial charge in [-0.15, -0.1) is 0 Å². The van der Waals surface area contributed by atoms with Crippen LogP contribution in [0.3, 0.4) is 0 Å². The largest absolute Gasteiger partial charge is 0.354 e. The van der Waals surface area contributed by atoms with E-state index in [0.717, 1.165) is 24.2 Å². The Morgan fingerprint density at radius 1 is 1.19 bits per heavy atom. The molecule has 3 fully saturated rings. The third-order valence-electron chi connectivity index (χ3n) is 6.24. The monoisotopic (exact) mass is 363 g/mol.